The van der Waals surface area contributed by atoms with E-state index in [1.54, 1.807) is 0 Å². The maximum atomic E-state index is 13.9. The number of aliphatic imine (C=N–C) groups is 1. The van der Waals surface area contributed by atoms with Crippen molar-refractivity contribution in [1.82, 2.24) is 14.5 Å². The second-order valence-electron chi connectivity index (χ2n) is 6.69. The summed E-state index contributed by atoms with van der Waals surface area (Å²) in [5.74, 6) is -1.03. The second-order valence-corrected chi connectivity index (χ2v) is 8.46. The Balaban J connectivity index is 1.64. The highest BCUT2D eigenvalue weighted by molar-refractivity contribution is 7.89. The summed E-state index contributed by atoms with van der Waals surface area (Å²) in [6, 6.07) is 12.9. The van der Waals surface area contributed by atoms with E-state index in [-0.39, 0.29) is 33.7 Å². The first-order valence-electron chi connectivity index (χ1n) is 9.34. The molecule has 0 radical (unpaired) electrons. The number of aromatic carboxylic acids is 1. The molecule has 0 fully saturated rings. The number of anilines is 1. The number of sulfonamides is 1. The summed E-state index contributed by atoms with van der Waals surface area (Å²) >= 11 is 0. The molecule has 2 heterocycles. The molecule has 0 unspecified atom stereocenters. The number of nitrogens with zero attached hydrogens (tertiary/aromatic N) is 4. The van der Waals surface area contributed by atoms with Gasteiger partial charge in [0.2, 0.25) is 0 Å². The van der Waals surface area contributed by atoms with Gasteiger partial charge in [-0.25, -0.2) is 23.2 Å². The molecule has 14 heteroatoms. The van der Waals surface area contributed by atoms with Crippen LogP contribution in [0, 0.1) is 0 Å². The number of hydrazine groups is 2. The summed E-state index contributed by atoms with van der Waals surface area (Å²) in [5.41, 5.74) is 2.31. The van der Waals surface area contributed by atoms with Crippen molar-refractivity contribution >= 4 is 33.7 Å². The highest BCUT2D eigenvalue weighted by Gasteiger charge is 2.51. The fraction of sp³-hybridized carbons (Fsp3) is 0.0500. The van der Waals surface area contributed by atoms with Gasteiger partial charge in [0.1, 0.15) is 17.8 Å². The van der Waals surface area contributed by atoms with Crippen LogP contribution in [0.3, 0.4) is 0 Å². The molecule has 0 bridgehead atoms. The molecule has 0 saturated heterocycles. The van der Waals surface area contributed by atoms with Crippen LogP contribution in [0.15, 0.2) is 76.7 Å². The summed E-state index contributed by atoms with van der Waals surface area (Å²) in [6.45, 7) is 0. The van der Waals surface area contributed by atoms with Crippen LogP contribution in [-0.2, 0) is 10.0 Å². The first-order valence-corrected chi connectivity index (χ1v) is 10.8. The third kappa shape index (κ3) is 4.62. The molecular formula is C20H14F3N5O5S. The largest absolute Gasteiger partial charge is 0.493 e. The maximum Gasteiger partial charge on any atom is 0.493 e. The molecule has 0 atom stereocenters. The number of halogens is 3. The molecule has 0 spiro atoms. The highest BCUT2D eigenvalue weighted by Crippen LogP contribution is 2.37. The number of hydrogen-bond donors (Lipinski definition) is 2. The van der Waals surface area contributed by atoms with Crippen LogP contribution in [0.2, 0.25) is 0 Å². The number of benzene rings is 2. The Hall–Kier alpha value is -4.17. The quantitative estimate of drug-likeness (QED) is 0.494. The SMILES string of the molecule is O=C(O)c1cc(Oc2ccc3c(c2)NN(N(C(F)(F)F)S(=O)(=O)c2ccccc2)C=N3)ccn1. The molecule has 2 aromatic carbocycles. The number of aromatic nitrogens is 1. The summed E-state index contributed by atoms with van der Waals surface area (Å²) < 4.78 is 71.9. The fourth-order valence-corrected chi connectivity index (χ4v) is 4.22. The van der Waals surface area contributed by atoms with Crippen LogP contribution in [0.4, 0.5) is 24.5 Å². The van der Waals surface area contributed by atoms with Crippen LogP contribution in [0.1, 0.15) is 10.5 Å². The Bertz CT molecular complexity index is 1370. The van der Waals surface area contributed by atoms with Crippen LogP contribution in [-0.4, -0.2) is 46.6 Å². The summed E-state index contributed by atoms with van der Waals surface area (Å²) in [5, 5.41) is 9.23. The van der Waals surface area contributed by atoms with Gasteiger partial charge >= 0.3 is 12.3 Å². The van der Waals surface area contributed by atoms with Gasteiger partial charge in [0.25, 0.3) is 10.0 Å². The minimum Gasteiger partial charge on any atom is -0.477 e. The van der Waals surface area contributed by atoms with Gasteiger partial charge in [-0.2, -0.15) is 18.3 Å². The van der Waals surface area contributed by atoms with Crippen molar-refractivity contribution in [2.45, 2.75) is 11.2 Å². The average molecular weight is 493 g/mol. The number of fused-ring (bicyclic) bond motifs is 1. The average Bonchev–Trinajstić information content (AvgIpc) is 2.78. The first-order chi connectivity index (χ1) is 16.1. The van der Waals surface area contributed by atoms with Gasteiger partial charge < -0.3 is 9.84 Å². The highest BCUT2D eigenvalue weighted by atomic mass is 32.2. The monoisotopic (exact) mass is 493 g/mol. The molecule has 0 saturated carbocycles. The number of rotatable bonds is 6. The minimum absolute atomic E-state index is 0.00465. The number of carboxylic acid groups (broad SMARTS) is 1. The standard InChI is InChI=1S/C20H14F3N5O5S/c21-20(22,23)28(34(31,32)15-4-2-1-3-5-15)27-12-25-16-7-6-13(10-17(16)26-27)33-14-8-9-24-18(11-14)19(29)30/h1-12,26H,(H,29,30). The van der Waals surface area contributed by atoms with Crippen molar-refractivity contribution in [1.29, 1.82) is 0 Å². The lowest BCUT2D eigenvalue weighted by molar-refractivity contribution is -0.250. The van der Waals surface area contributed by atoms with Gasteiger partial charge in [0.15, 0.2) is 5.69 Å². The fourth-order valence-electron chi connectivity index (χ4n) is 2.94. The molecule has 1 aliphatic heterocycles. The lowest BCUT2D eigenvalue weighted by atomic mass is 10.2. The van der Waals surface area contributed by atoms with Crippen molar-refractivity contribution in [3.8, 4) is 11.5 Å². The van der Waals surface area contributed by atoms with Gasteiger partial charge in [-0.05, 0) is 30.3 Å². The van der Waals surface area contributed by atoms with Crippen LogP contribution >= 0.6 is 0 Å². The molecule has 0 amide bonds. The van der Waals surface area contributed by atoms with E-state index in [0.29, 0.717) is 6.34 Å². The summed E-state index contributed by atoms with van der Waals surface area (Å²) in [4.78, 5) is 18.0. The Morgan fingerprint density at radius 3 is 2.44 bits per heavy atom. The first kappa shape index (κ1) is 23.0. The van der Waals surface area contributed by atoms with Crippen LogP contribution in [0.5, 0.6) is 11.5 Å². The van der Waals surface area contributed by atoms with Crippen molar-refractivity contribution in [3.05, 3.63) is 72.6 Å². The summed E-state index contributed by atoms with van der Waals surface area (Å²) in [6.07, 6.45) is -3.43. The lowest BCUT2D eigenvalue weighted by Crippen LogP contribution is -2.56. The number of hydrogen-bond acceptors (Lipinski definition) is 8. The van der Waals surface area contributed by atoms with Crippen molar-refractivity contribution in [2.75, 3.05) is 5.43 Å². The molecule has 1 aromatic heterocycles. The zero-order chi connectivity index (χ0) is 24.5. The molecule has 0 aliphatic carbocycles. The minimum atomic E-state index is -5.33. The van der Waals surface area contributed by atoms with E-state index in [1.165, 1.54) is 48.7 Å². The molecule has 2 N–H and O–H groups in total. The Kier molecular flexibility index (Phi) is 5.85. The Labute approximate surface area is 190 Å². The zero-order valence-electron chi connectivity index (χ0n) is 16.8. The van der Waals surface area contributed by atoms with Gasteiger partial charge in [-0.15, -0.1) is 0 Å². The van der Waals surface area contributed by atoms with E-state index < -0.39 is 31.6 Å². The van der Waals surface area contributed by atoms with Gasteiger partial charge in [0, 0.05) is 22.7 Å². The van der Waals surface area contributed by atoms with Crippen molar-refractivity contribution in [3.63, 3.8) is 0 Å². The van der Waals surface area contributed by atoms with Gasteiger partial charge in [0.05, 0.1) is 16.3 Å². The van der Waals surface area contributed by atoms with Gasteiger partial charge in [-0.1, -0.05) is 18.2 Å². The van der Waals surface area contributed by atoms with E-state index in [4.69, 9.17) is 9.84 Å². The van der Waals surface area contributed by atoms with Crippen molar-refractivity contribution < 1.29 is 36.2 Å². The number of nitrogens with one attached hydrogen (secondary N) is 1. The molecule has 4 rings (SSSR count). The number of carboxylic acids is 1. The van der Waals surface area contributed by atoms with E-state index >= 15 is 0 Å². The van der Waals surface area contributed by atoms with E-state index in [0.717, 1.165) is 18.2 Å². The third-order valence-electron chi connectivity index (χ3n) is 4.38. The topological polar surface area (TPSA) is 124 Å². The van der Waals surface area contributed by atoms with Crippen molar-refractivity contribution in [2.24, 2.45) is 4.99 Å². The smallest absolute Gasteiger partial charge is 0.477 e. The molecule has 34 heavy (non-hydrogen) atoms. The predicted octanol–water partition coefficient (Wildman–Crippen LogP) is 4.00. The van der Waals surface area contributed by atoms with Crippen LogP contribution < -0.4 is 10.2 Å². The van der Waals surface area contributed by atoms with E-state index in [2.05, 4.69) is 15.4 Å². The Morgan fingerprint density at radius 2 is 1.76 bits per heavy atom. The zero-order valence-corrected chi connectivity index (χ0v) is 17.7. The Morgan fingerprint density at radius 1 is 1.06 bits per heavy atom. The third-order valence-corrected chi connectivity index (χ3v) is 6.08. The molecule has 176 valence electrons. The van der Waals surface area contributed by atoms with E-state index in [9.17, 15) is 26.4 Å². The molecular weight excluding hydrogens is 479 g/mol. The number of carbonyl (C=O) groups is 1. The summed E-state index contributed by atoms with van der Waals surface area (Å²) in [7, 11) is -5.05. The van der Waals surface area contributed by atoms with Gasteiger partial charge in [-0.3, -0.25) is 5.43 Å². The van der Waals surface area contributed by atoms with Crippen LogP contribution in [0.25, 0.3) is 0 Å². The maximum absolute atomic E-state index is 13.9. The number of ether oxygens (including phenoxy) is 1. The van der Waals surface area contributed by atoms with E-state index in [1.807, 2.05) is 0 Å². The number of alkyl halides is 3. The molecule has 10 nitrogen and oxygen atoms in total. The predicted molar refractivity (Wildman–Crippen MR) is 113 cm³/mol. The number of pyridine rings is 1. The normalized spacial score (nSPS) is 13.4. The molecule has 1 aliphatic rings. The lowest BCUT2D eigenvalue weighted by Gasteiger charge is -2.35. The second kappa shape index (κ2) is 8.64. The molecule has 3 aromatic rings.